The van der Waals surface area contributed by atoms with Gasteiger partial charge in [0.15, 0.2) is 0 Å². The highest BCUT2D eigenvalue weighted by atomic mass is 16.5. The Morgan fingerprint density at radius 2 is 1.62 bits per heavy atom. The molecule has 0 spiro atoms. The first-order chi connectivity index (χ1) is 14.0. The lowest BCUT2D eigenvalue weighted by Gasteiger charge is -2.15. The smallest absolute Gasteiger partial charge is 0.255 e. The molecule has 2 rings (SSSR count). The van der Waals surface area contributed by atoms with E-state index in [9.17, 15) is 9.90 Å². The molecule has 2 aromatic rings. The van der Waals surface area contributed by atoms with Crippen molar-refractivity contribution in [2.45, 2.75) is 45.8 Å². The zero-order valence-corrected chi connectivity index (χ0v) is 17.5. The van der Waals surface area contributed by atoms with Gasteiger partial charge < -0.3 is 25.2 Å². The zero-order chi connectivity index (χ0) is 21.1. The number of aliphatic hydroxyl groups excluding tert-OH is 1. The van der Waals surface area contributed by atoms with Gasteiger partial charge in [-0.15, -0.1) is 0 Å². The van der Waals surface area contributed by atoms with Crippen LogP contribution in [0.1, 0.15) is 44.0 Å². The third-order valence-corrected chi connectivity index (χ3v) is 4.20. The molecule has 0 aliphatic rings. The molecule has 6 heteroatoms. The van der Waals surface area contributed by atoms with E-state index in [0.717, 1.165) is 18.6 Å². The summed E-state index contributed by atoms with van der Waals surface area (Å²) in [5.41, 5.74) is 1.24. The van der Waals surface area contributed by atoms with E-state index >= 15 is 0 Å². The summed E-state index contributed by atoms with van der Waals surface area (Å²) in [6.45, 7) is 7.53. The number of ether oxygens (including phenoxy) is 2. The third kappa shape index (κ3) is 8.54. The predicted molar refractivity (Wildman–Crippen MR) is 116 cm³/mol. The van der Waals surface area contributed by atoms with Crippen LogP contribution in [0.2, 0.25) is 0 Å². The largest absolute Gasteiger partial charge is 0.494 e. The normalized spacial score (nSPS) is 11.9. The van der Waals surface area contributed by atoms with Crippen LogP contribution in [-0.4, -0.2) is 42.9 Å². The summed E-state index contributed by atoms with van der Waals surface area (Å²) >= 11 is 0. The highest BCUT2D eigenvalue weighted by Gasteiger charge is 2.08. The number of aliphatic hydroxyl groups is 1. The molecular weight excluding hydrogens is 368 g/mol. The molecule has 0 aromatic heterocycles. The fourth-order valence-corrected chi connectivity index (χ4v) is 2.50. The zero-order valence-electron chi connectivity index (χ0n) is 17.5. The van der Waals surface area contributed by atoms with Crippen molar-refractivity contribution >= 4 is 11.6 Å². The number of carbonyl (C=O) groups is 1. The summed E-state index contributed by atoms with van der Waals surface area (Å²) in [5.74, 6) is 1.22. The van der Waals surface area contributed by atoms with E-state index in [0.29, 0.717) is 36.2 Å². The van der Waals surface area contributed by atoms with Gasteiger partial charge in [0, 0.05) is 23.8 Å². The Labute approximate surface area is 173 Å². The molecule has 1 amide bonds. The van der Waals surface area contributed by atoms with Crippen molar-refractivity contribution in [3.63, 3.8) is 0 Å². The quantitative estimate of drug-likeness (QED) is 0.472. The standard InChI is InChI=1S/C23H32N2O4/c1-4-5-14-28-21-10-6-18(7-11-21)23(27)25-19-8-12-22(13-9-19)29-16-20(26)15-24-17(2)3/h6-13,17,20,24,26H,4-5,14-16H2,1-3H3,(H,25,27). The molecule has 2 aromatic carbocycles. The van der Waals surface area contributed by atoms with Gasteiger partial charge >= 0.3 is 0 Å². The van der Waals surface area contributed by atoms with Crippen LogP contribution < -0.4 is 20.1 Å². The maximum atomic E-state index is 12.4. The summed E-state index contributed by atoms with van der Waals surface area (Å²) in [6.07, 6.45) is 1.52. The third-order valence-electron chi connectivity index (χ3n) is 4.20. The van der Waals surface area contributed by atoms with Crippen molar-refractivity contribution in [3.05, 3.63) is 54.1 Å². The van der Waals surface area contributed by atoms with Crippen molar-refractivity contribution < 1.29 is 19.4 Å². The lowest BCUT2D eigenvalue weighted by molar-refractivity contribution is 0.102. The van der Waals surface area contributed by atoms with E-state index in [2.05, 4.69) is 17.6 Å². The first-order valence-electron chi connectivity index (χ1n) is 10.2. The predicted octanol–water partition coefficient (Wildman–Crippen LogP) is 3.86. The molecule has 6 nitrogen and oxygen atoms in total. The van der Waals surface area contributed by atoms with Crippen LogP contribution in [0.5, 0.6) is 11.5 Å². The van der Waals surface area contributed by atoms with Gasteiger partial charge in [-0.25, -0.2) is 0 Å². The van der Waals surface area contributed by atoms with Crippen molar-refractivity contribution in [1.82, 2.24) is 5.32 Å². The molecule has 1 atom stereocenters. The molecule has 0 heterocycles. The number of amides is 1. The summed E-state index contributed by atoms with van der Waals surface area (Å²) in [7, 11) is 0. The molecule has 29 heavy (non-hydrogen) atoms. The first-order valence-corrected chi connectivity index (χ1v) is 10.2. The van der Waals surface area contributed by atoms with Crippen molar-refractivity contribution in [1.29, 1.82) is 0 Å². The highest BCUT2D eigenvalue weighted by Crippen LogP contribution is 2.18. The Kier molecular flexibility index (Phi) is 9.47. The van der Waals surface area contributed by atoms with Crippen LogP contribution in [0.4, 0.5) is 5.69 Å². The molecule has 0 aliphatic heterocycles. The Hall–Kier alpha value is -2.57. The molecule has 0 saturated heterocycles. The average Bonchev–Trinajstić information content (AvgIpc) is 2.72. The second-order valence-electron chi connectivity index (χ2n) is 7.23. The molecule has 0 radical (unpaired) electrons. The van der Waals surface area contributed by atoms with Gasteiger partial charge in [-0.2, -0.15) is 0 Å². The molecule has 0 aliphatic carbocycles. The van der Waals surface area contributed by atoms with Gasteiger partial charge in [-0.3, -0.25) is 4.79 Å². The van der Waals surface area contributed by atoms with Crippen LogP contribution >= 0.6 is 0 Å². The molecule has 0 bridgehead atoms. The summed E-state index contributed by atoms with van der Waals surface area (Å²) in [5, 5.41) is 15.9. The van der Waals surface area contributed by atoms with Gasteiger partial charge in [0.2, 0.25) is 0 Å². The van der Waals surface area contributed by atoms with Gasteiger partial charge in [-0.1, -0.05) is 27.2 Å². The van der Waals surface area contributed by atoms with E-state index in [4.69, 9.17) is 9.47 Å². The summed E-state index contributed by atoms with van der Waals surface area (Å²) < 4.78 is 11.2. The van der Waals surface area contributed by atoms with Crippen LogP contribution in [0.25, 0.3) is 0 Å². The van der Waals surface area contributed by atoms with E-state index in [1.165, 1.54) is 0 Å². The number of anilines is 1. The van der Waals surface area contributed by atoms with Crippen LogP contribution in [0, 0.1) is 0 Å². The minimum atomic E-state index is -0.578. The van der Waals surface area contributed by atoms with Crippen molar-refractivity contribution in [2.75, 3.05) is 25.1 Å². The highest BCUT2D eigenvalue weighted by molar-refractivity contribution is 6.04. The second kappa shape index (κ2) is 12.1. The van der Waals surface area contributed by atoms with E-state index < -0.39 is 6.10 Å². The lowest BCUT2D eigenvalue weighted by atomic mass is 10.2. The number of rotatable bonds is 12. The first kappa shape index (κ1) is 22.7. The molecule has 3 N–H and O–H groups in total. The SMILES string of the molecule is CCCCOc1ccc(C(=O)Nc2ccc(OCC(O)CNC(C)C)cc2)cc1. The Morgan fingerprint density at radius 1 is 1.00 bits per heavy atom. The fraction of sp³-hybridized carbons (Fsp3) is 0.435. The Morgan fingerprint density at radius 3 is 2.24 bits per heavy atom. The molecule has 158 valence electrons. The minimum absolute atomic E-state index is 0.186. The lowest BCUT2D eigenvalue weighted by Crippen LogP contribution is -2.35. The van der Waals surface area contributed by atoms with Crippen LogP contribution in [0.3, 0.4) is 0 Å². The molecular formula is C23H32N2O4. The Balaban J connectivity index is 1.80. The van der Waals surface area contributed by atoms with E-state index in [1.54, 1.807) is 48.5 Å². The molecule has 0 fully saturated rings. The molecule has 0 saturated carbocycles. The number of benzene rings is 2. The number of carbonyl (C=O) groups excluding carboxylic acids is 1. The van der Waals surface area contributed by atoms with Crippen molar-refractivity contribution in [2.24, 2.45) is 0 Å². The average molecular weight is 401 g/mol. The maximum absolute atomic E-state index is 12.4. The maximum Gasteiger partial charge on any atom is 0.255 e. The van der Waals surface area contributed by atoms with Crippen molar-refractivity contribution in [3.8, 4) is 11.5 Å². The number of hydrogen-bond acceptors (Lipinski definition) is 5. The topological polar surface area (TPSA) is 79.8 Å². The number of nitrogens with one attached hydrogen (secondary N) is 2. The van der Waals surface area contributed by atoms with Gasteiger partial charge in [-0.05, 0) is 55.0 Å². The number of hydrogen-bond donors (Lipinski definition) is 3. The van der Waals surface area contributed by atoms with Gasteiger partial charge in [0.1, 0.15) is 24.2 Å². The minimum Gasteiger partial charge on any atom is -0.494 e. The monoisotopic (exact) mass is 400 g/mol. The van der Waals surface area contributed by atoms with Crippen LogP contribution in [-0.2, 0) is 0 Å². The van der Waals surface area contributed by atoms with Gasteiger partial charge in [0.05, 0.1) is 6.61 Å². The number of unbranched alkanes of at least 4 members (excludes halogenated alkanes) is 1. The van der Waals surface area contributed by atoms with E-state index in [-0.39, 0.29) is 12.5 Å². The van der Waals surface area contributed by atoms with E-state index in [1.807, 2.05) is 13.8 Å². The summed E-state index contributed by atoms with van der Waals surface area (Å²) in [4.78, 5) is 12.4. The second-order valence-corrected chi connectivity index (χ2v) is 7.23. The van der Waals surface area contributed by atoms with Crippen LogP contribution in [0.15, 0.2) is 48.5 Å². The Bertz CT molecular complexity index is 730. The summed E-state index contributed by atoms with van der Waals surface area (Å²) in [6, 6.07) is 14.5. The molecule has 1 unspecified atom stereocenters. The van der Waals surface area contributed by atoms with Gasteiger partial charge in [0.25, 0.3) is 5.91 Å². The fourth-order valence-electron chi connectivity index (χ4n) is 2.50.